The van der Waals surface area contributed by atoms with Crippen LogP contribution in [0.5, 0.6) is 0 Å². The summed E-state index contributed by atoms with van der Waals surface area (Å²) in [6.07, 6.45) is -0.296. The molecule has 0 aliphatic rings. The third kappa shape index (κ3) is 6.15. The van der Waals surface area contributed by atoms with Gasteiger partial charge in [-0.1, -0.05) is 30.3 Å². The van der Waals surface area contributed by atoms with E-state index in [1.807, 2.05) is 0 Å². The monoisotopic (exact) mass is 390 g/mol. The molecule has 0 spiro atoms. The Morgan fingerprint density at radius 2 is 1.68 bits per heavy atom. The summed E-state index contributed by atoms with van der Waals surface area (Å²) in [5.74, 6) is -3.68. The molecule has 0 saturated heterocycles. The second-order valence-corrected chi connectivity index (χ2v) is 6.28. The highest BCUT2D eigenvalue weighted by molar-refractivity contribution is 5.90. The average molecular weight is 390 g/mol. The fraction of sp³-hybridized carbons (Fsp3) is 0.250. The van der Waals surface area contributed by atoms with E-state index in [1.54, 1.807) is 6.07 Å². The second kappa shape index (κ2) is 9.59. The molecule has 0 bridgehead atoms. The van der Waals surface area contributed by atoms with Crippen LogP contribution in [0.25, 0.3) is 0 Å². The number of carbonyl (C=O) groups is 3. The van der Waals surface area contributed by atoms with Crippen LogP contribution in [0.1, 0.15) is 18.1 Å². The quantitative estimate of drug-likeness (QED) is 0.641. The van der Waals surface area contributed by atoms with Crippen molar-refractivity contribution in [3.05, 3.63) is 71.3 Å². The summed E-state index contributed by atoms with van der Waals surface area (Å²) in [4.78, 5) is 35.5. The van der Waals surface area contributed by atoms with Crippen LogP contribution in [0.3, 0.4) is 0 Å². The van der Waals surface area contributed by atoms with Crippen molar-refractivity contribution < 1.29 is 28.3 Å². The third-order valence-corrected chi connectivity index (χ3v) is 4.02. The maximum atomic E-state index is 13.9. The van der Waals surface area contributed by atoms with Crippen molar-refractivity contribution in [1.82, 2.24) is 10.6 Å². The maximum Gasteiger partial charge on any atom is 0.326 e. The van der Waals surface area contributed by atoms with Gasteiger partial charge in [-0.2, -0.15) is 0 Å². The van der Waals surface area contributed by atoms with E-state index in [1.165, 1.54) is 49.4 Å². The molecule has 0 aliphatic carbocycles. The molecule has 0 saturated carbocycles. The van der Waals surface area contributed by atoms with Crippen molar-refractivity contribution in [3.8, 4) is 0 Å². The molecule has 0 aliphatic heterocycles. The van der Waals surface area contributed by atoms with Crippen LogP contribution in [0, 0.1) is 11.6 Å². The Bertz CT molecular complexity index is 873. The smallest absolute Gasteiger partial charge is 0.326 e. The minimum atomic E-state index is -1.34. The molecule has 148 valence electrons. The van der Waals surface area contributed by atoms with Gasteiger partial charge in [-0.15, -0.1) is 0 Å². The SMILES string of the molecule is CC(=O)N[C@@H](Cc1ccccc1F)C(=O)N[C@@H](Cc1cccc(F)c1)C(=O)O. The molecule has 2 atom stereocenters. The third-order valence-electron chi connectivity index (χ3n) is 4.02. The van der Waals surface area contributed by atoms with E-state index in [4.69, 9.17) is 0 Å². The van der Waals surface area contributed by atoms with Crippen LogP contribution in [0.2, 0.25) is 0 Å². The zero-order valence-electron chi connectivity index (χ0n) is 15.1. The van der Waals surface area contributed by atoms with Gasteiger partial charge >= 0.3 is 5.97 Å². The van der Waals surface area contributed by atoms with E-state index in [0.717, 1.165) is 0 Å². The summed E-state index contributed by atoms with van der Waals surface area (Å²) in [6, 6.07) is 8.64. The van der Waals surface area contributed by atoms with Gasteiger partial charge in [-0.05, 0) is 29.3 Å². The average Bonchev–Trinajstić information content (AvgIpc) is 2.62. The summed E-state index contributed by atoms with van der Waals surface area (Å²) in [7, 11) is 0. The highest BCUT2D eigenvalue weighted by Gasteiger charge is 2.27. The number of benzene rings is 2. The molecule has 0 heterocycles. The van der Waals surface area contributed by atoms with Gasteiger partial charge in [0.05, 0.1) is 0 Å². The Balaban J connectivity index is 2.15. The topological polar surface area (TPSA) is 95.5 Å². The van der Waals surface area contributed by atoms with Crippen LogP contribution in [-0.2, 0) is 27.2 Å². The summed E-state index contributed by atoms with van der Waals surface area (Å²) >= 11 is 0. The molecule has 28 heavy (non-hydrogen) atoms. The van der Waals surface area contributed by atoms with Crippen LogP contribution >= 0.6 is 0 Å². The highest BCUT2D eigenvalue weighted by atomic mass is 19.1. The van der Waals surface area contributed by atoms with Gasteiger partial charge in [-0.25, -0.2) is 13.6 Å². The van der Waals surface area contributed by atoms with Crippen LogP contribution < -0.4 is 10.6 Å². The first-order chi connectivity index (χ1) is 13.3. The lowest BCUT2D eigenvalue weighted by Gasteiger charge is -2.21. The van der Waals surface area contributed by atoms with Crippen LogP contribution in [-0.4, -0.2) is 35.0 Å². The normalized spacial score (nSPS) is 12.7. The summed E-state index contributed by atoms with van der Waals surface area (Å²) in [6.45, 7) is 1.20. The van der Waals surface area contributed by atoms with Crippen LogP contribution in [0.15, 0.2) is 48.5 Å². The number of carbonyl (C=O) groups excluding carboxylic acids is 2. The Hall–Kier alpha value is -3.29. The number of nitrogens with one attached hydrogen (secondary N) is 2. The number of carboxylic acids is 1. The molecule has 2 amide bonds. The highest BCUT2D eigenvalue weighted by Crippen LogP contribution is 2.11. The number of hydrogen-bond donors (Lipinski definition) is 3. The van der Waals surface area contributed by atoms with Gasteiger partial charge in [0.25, 0.3) is 0 Å². The Kier molecular flexibility index (Phi) is 7.20. The molecule has 6 nitrogen and oxygen atoms in total. The van der Waals surface area contributed by atoms with E-state index in [9.17, 15) is 28.3 Å². The number of halogens is 2. The summed E-state index contributed by atoms with van der Waals surface area (Å²) < 4.78 is 27.2. The first-order valence-corrected chi connectivity index (χ1v) is 8.54. The van der Waals surface area contributed by atoms with Crippen molar-refractivity contribution in [2.24, 2.45) is 0 Å². The predicted octanol–water partition coefficient (Wildman–Crippen LogP) is 1.82. The fourth-order valence-corrected chi connectivity index (χ4v) is 2.71. The molecule has 2 rings (SSSR count). The standard InChI is InChI=1S/C20H20F2N2O4/c1-12(25)23-17(11-14-6-2-3-8-16(14)22)19(26)24-18(20(27)28)10-13-5-4-7-15(21)9-13/h2-9,17-18H,10-11H2,1H3,(H,23,25)(H,24,26)(H,27,28)/t17-,18-/m0/s1. The minimum absolute atomic E-state index is 0.147. The maximum absolute atomic E-state index is 13.9. The van der Waals surface area contributed by atoms with Crippen LogP contribution in [0.4, 0.5) is 8.78 Å². The van der Waals surface area contributed by atoms with Gasteiger partial charge in [0, 0.05) is 19.8 Å². The Morgan fingerprint density at radius 1 is 0.964 bits per heavy atom. The van der Waals surface area contributed by atoms with Crippen molar-refractivity contribution in [1.29, 1.82) is 0 Å². The fourth-order valence-electron chi connectivity index (χ4n) is 2.71. The number of hydrogen-bond acceptors (Lipinski definition) is 3. The van der Waals surface area contributed by atoms with E-state index in [-0.39, 0.29) is 18.4 Å². The molecule has 3 N–H and O–H groups in total. The van der Waals surface area contributed by atoms with Gasteiger partial charge in [0.15, 0.2) is 0 Å². The lowest BCUT2D eigenvalue weighted by molar-refractivity contribution is -0.142. The summed E-state index contributed by atoms with van der Waals surface area (Å²) in [5, 5.41) is 14.1. The number of aliphatic carboxylic acids is 1. The molecule has 0 fully saturated rings. The van der Waals surface area contributed by atoms with E-state index >= 15 is 0 Å². The molecule has 8 heteroatoms. The number of amides is 2. The van der Waals surface area contributed by atoms with Gasteiger partial charge in [0.2, 0.25) is 11.8 Å². The first-order valence-electron chi connectivity index (χ1n) is 8.54. The molecule has 0 unspecified atom stereocenters. The van der Waals surface area contributed by atoms with Crippen molar-refractivity contribution in [3.63, 3.8) is 0 Å². The Labute approximate surface area is 160 Å². The van der Waals surface area contributed by atoms with E-state index in [0.29, 0.717) is 5.56 Å². The van der Waals surface area contributed by atoms with Crippen molar-refractivity contribution in [2.75, 3.05) is 0 Å². The minimum Gasteiger partial charge on any atom is -0.480 e. The molecule has 2 aromatic carbocycles. The predicted molar refractivity (Wildman–Crippen MR) is 97.4 cm³/mol. The number of rotatable bonds is 8. The molecule has 2 aromatic rings. The number of carboxylic acid groups (broad SMARTS) is 1. The van der Waals surface area contributed by atoms with Crippen molar-refractivity contribution in [2.45, 2.75) is 31.8 Å². The molecular formula is C20H20F2N2O4. The lowest BCUT2D eigenvalue weighted by atomic mass is 10.0. The zero-order chi connectivity index (χ0) is 20.7. The van der Waals surface area contributed by atoms with E-state index in [2.05, 4.69) is 10.6 Å². The summed E-state index contributed by atoms with van der Waals surface area (Å²) in [5.41, 5.74) is 0.589. The lowest BCUT2D eigenvalue weighted by Crippen LogP contribution is -2.52. The molecular weight excluding hydrogens is 370 g/mol. The zero-order valence-corrected chi connectivity index (χ0v) is 15.1. The van der Waals surface area contributed by atoms with Gasteiger partial charge in [0.1, 0.15) is 23.7 Å². The largest absolute Gasteiger partial charge is 0.480 e. The van der Waals surface area contributed by atoms with E-state index < -0.39 is 41.5 Å². The molecule has 0 radical (unpaired) electrons. The van der Waals surface area contributed by atoms with Gasteiger partial charge < -0.3 is 15.7 Å². The van der Waals surface area contributed by atoms with Gasteiger partial charge in [-0.3, -0.25) is 9.59 Å². The second-order valence-electron chi connectivity index (χ2n) is 6.28. The molecule has 0 aromatic heterocycles. The first kappa shape index (κ1) is 21.0. The Morgan fingerprint density at radius 3 is 2.29 bits per heavy atom. The van der Waals surface area contributed by atoms with Crippen molar-refractivity contribution >= 4 is 17.8 Å².